The van der Waals surface area contributed by atoms with E-state index in [1.165, 1.54) is 0 Å². The van der Waals surface area contributed by atoms with Crippen molar-refractivity contribution in [3.8, 4) is 0 Å². The van der Waals surface area contributed by atoms with E-state index >= 15 is 0 Å². The lowest BCUT2D eigenvalue weighted by Crippen LogP contribution is -2.36. The maximum atomic E-state index is 12.4. The molecule has 0 radical (unpaired) electrons. The van der Waals surface area contributed by atoms with E-state index in [1.54, 1.807) is 0 Å². The Hall–Kier alpha value is -0.770. The van der Waals surface area contributed by atoms with Gasteiger partial charge in [0.2, 0.25) is 0 Å². The van der Waals surface area contributed by atoms with Gasteiger partial charge in [-0.25, -0.2) is 0 Å². The van der Waals surface area contributed by atoms with Crippen molar-refractivity contribution in [1.29, 1.82) is 0 Å². The molecule has 1 atom stereocenters. The highest BCUT2D eigenvalue weighted by molar-refractivity contribution is 9.10. The van der Waals surface area contributed by atoms with Crippen molar-refractivity contribution < 1.29 is 4.79 Å². The number of hydrogen-bond acceptors (Lipinski definition) is 1. The number of nitrogens with zero attached hydrogens (tertiary/aromatic N) is 2. The van der Waals surface area contributed by atoms with Crippen LogP contribution in [0.5, 0.6) is 0 Å². The quantitative estimate of drug-likeness (QED) is 0.812. The molecule has 0 spiro atoms. The molecular formula is C14H23BrN2O. The zero-order valence-electron chi connectivity index (χ0n) is 11.9. The van der Waals surface area contributed by atoms with E-state index in [0.717, 1.165) is 23.1 Å². The van der Waals surface area contributed by atoms with Crippen molar-refractivity contribution in [2.45, 2.75) is 46.7 Å². The summed E-state index contributed by atoms with van der Waals surface area (Å²) >= 11 is 3.43. The molecule has 0 saturated heterocycles. The number of halogens is 1. The molecule has 0 aliphatic carbocycles. The first kappa shape index (κ1) is 15.3. The van der Waals surface area contributed by atoms with Crippen LogP contribution in [0.1, 0.15) is 44.6 Å². The van der Waals surface area contributed by atoms with Crippen LogP contribution in [-0.2, 0) is 6.54 Å². The summed E-state index contributed by atoms with van der Waals surface area (Å²) in [5.74, 6) is 0.690. The lowest BCUT2D eigenvalue weighted by atomic mass is 10.0. The fraction of sp³-hybridized carbons (Fsp3) is 0.643. The topological polar surface area (TPSA) is 25.2 Å². The fourth-order valence-electron chi connectivity index (χ4n) is 2.14. The second-order valence-electron chi connectivity index (χ2n) is 5.22. The Kier molecular flexibility index (Phi) is 5.45. The van der Waals surface area contributed by atoms with Gasteiger partial charge in [0.05, 0.1) is 0 Å². The highest BCUT2D eigenvalue weighted by atomic mass is 79.9. The molecule has 0 fully saturated rings. The van der Waals surface area contributed by atoms with Crippen LogP contribution in [0.15, 0.2) is 16.7 Å². The van der Waals surface area contributed by atoms with E-state index in [2.05, 4.69) is 36.7 Å². The molecule has 4 heteroatoms. The van der Waals surface area contributed by atoms with Crippen LogP contribution < -0.4 is 0 Å². The van der Waals surface area contributed by atoms with E-state index < -0.39 is 0 Å². The molecule has 0 aliphatic heterocycles. The van der Waals surface area contributed by atoms with Crippen LogP contribution in [0.3, 0.4) is 0 Å². The standard InChI is InChI=1S/C14H23BrN2O/c1-6-17-9-12(15)8-13(17)14(18)16(5)11(4)7-10(2)3/h8-11H,6-7H2,1-5H3. The van der Waals surface area contributed by atoms with Crippen LogP contribution in [0.4, 0.5) is 0 Å². The number of hydrogen-bond donors (Lipinski definition) is 0. The molecule has 18 heavy (non-hydrogen) atoms. The number of carbonyl (C=O) groups excluding carboxylic acids is 1. The minimum Gasteiger partial charge on any atom is -0.343 e. The number of aryl methyl sites for hydroxylation is 1. The fourth-order valence-corrected chi connectivity index (χ4v) is 2.60. The molecule has 1 aromatic heterocycles. The summed E-state index contributed by atoms with van der Waals surface area (Å²) in [6.45, 7) is 9.31. The highest BCUT2D eigenvalue weighted by Gasteiger charge is 2.21. The molecule has 0 aromatic carbocycles. The minimum atomic E-state index is 0.0932. The monoisotopic (exact) mass is 314 g/mol. The van der Waals surface area contributed by atoms with Crippen molar-refractivity contribution in [2.24, 2.45) is 5.92 Å². The number of carbonyl (C=O) groups is 1. The summed E-state index contributed by atoms with van der Waals surface area (Å²) in [6.07, 6.45) is 2.98. The molecule has 1 aromatic rings. The Morgan fingerprint density at radius 2 is 2.06 bits per heavy atom. The third-order valence-corrected chi connectivity index (χ3v) is 3.65. The summed E-state index contributed by atoms with van der Waals surface area (Å²) in [4.78, 5) is 14.3. The molecule has 3 nitrogen and oxygen atoms in total. The van der Waals surface area contributed by atoms with Gasteiger partial charge >= 0.3 is 0 Å². The van der Waals surface area contributed by atoms with Crippen LogP contribution in [-0.4, -0.2) is 28.5 Å². The van der Waals surface area contributed by atoms with Crippen molar-refractivity contribution in [3.63, 3.8) is 0 Å². The lowest BCUT2D eigenvalue weighted by molar-refractivity contribution is 0.0717. The van der Waals surface area contributed by atoms with Gasteiger partial charge in [-0.2, -0.15) is 0 Å². The highest BCUT2D eigenvalue weighted by Crippen LogP contribution is 2.18. The smallest absolute Gasteiger partial charge is 0.270 e. The summed E-state index contributed by atoms with van der Waals surface area (Å²) in [5.41, 5.74) is 0.752. The Morgan fingerprint density at radius 1 is 1.44 bits per heavy atom. The third kappa shape index (κ3) is 3.61. The van der Waals surface area contributed by atoms with Crippen molar-refractivity contribution in [3.05, 3.63) is 22.4 Å². The summed E-state index contributed by atoms with van der Waals surface area (Å²) in [7, 11) is 1.89. The van der Waals surface area contributed by atoms with Gasteiger partial charge in [-0.05, 0) is 48.2 Å². The molecule has 0 bridgehead atoms. The number of rotatable bonds is 5. The molecule has 0 saturated carbocycles. The Bertz CT molecular complexity index is 412. The van der Waals surface area contributed by atoms with Crippen LogP contribution >= 0.6 is 15.9 Å². The zero-order chi connectivity index (χ0) is 13.9. The average Bonchev–Trinajstić information content (AvgIpc) is 2.67. The summed E-state index contributed by atoms with van der Waals surface area (Å²) in [6, 6.07) is 2.15. The van der Waals surface area contributed by atoms with Crippen LogP contribution in [0.25, 0.3) is 0 Å². The van der Waals surface area contributed by atoms with Gasteiger partial charge in [0.25, 0.3) is 5.91 Å². The predicted molar refractivity (Wildman–Crippen MR) is 78.8 cm³/mol. The predicted octanol–water partition coefficient (Wildman–Crippen LogP) is 3.78. The molecule has 1 heterocycles. The van der Waals surface area contributed by atoms with E-state index in [4.69, 9.17) is 0 Å². The van der Waals surface area contributed by atoms with E-state index in [0.29, 0.717) is 5.92 Å². The first-order valence-corrected chi connectivity index (χ1v) is 7.28. The van der Waals surface area contributed by atoms with Gasteiger partial charge in [0.1, 0.15) is 5.69 Å². The molecular weight excluding hydrogens is 292 g/mol. The van der Waals surface area contributed by atoms with Crippen molar-refractivity contribution in [2.75, 3.05) is 7.05 Å². The maximum Gasteiger partial charge on any atom is 0.270 e. The molecule has 0 N–H and O–H groups in total. The largest absolute Gasteiger partial charge is 0.343 e. The van der Waals surface area contributed by atoms with Gasteiger partial charge in [-0.1, -0.05) is 13.8 Å². The Balaban J connectivity index is 2.85. The first-order chi connectivity index (χ1) is 8.36. The van der Waals surface area contributed by atoms with Crippen molar-refractivity contribution in [1.82, 2.24) is 9.47 Å². The minimum absolute atomic E-state index is 0.0932. The van der Waals surface area contributed by atoms with Gasteiger partial charge in [0.15, 0.2) is 0 Å². The first-order valence-electron chi connectivity index (χ1n) is 6.49. The second-order valence-corrected chi connectivity index (χ2v) is 6.14. The summed E-state index contributed by atoms with van der Waals surface area (Å²) < 4.78 is 2.93. The normalized spacial score (nSPS) is 12.8. The Labute approximate surface area is 118 Å². The molecule has 1 amide bonds. The van der Waals surface area contributed by atoms with E-state index in [1.807, 2.05) is 35.7 Å². The number of aromatic nitrogens is 1. The summed E-state index contributed by atoms with van der Waals surface area (Å²) in [5, 5.41) is 0. The van der Waals surface area contributed by atoms with Crippen LogP contribution in [0.2, 0.25) is 0 Å². The van der Waals surface area contributed by atoms with Gasteiger partial charge in [-0.15, -0.1) is 0 Å². The average molecular weight is 315 g/mol. The van der Waals surface area contributed by atoms with Crippen molar-refractivity contribution >= 4 is 21.8 Å². The molecule has 1 rings (SSSR count). The molecule has 102 valence electrons. The zero-order valence-corrected chi connectivity index (χ0v) is 13.5. The van der Waals surface area contributed by atoms with Crippen LogP contribution in [0, 0.1) is 5.92 Å². The Morgan fingerprint density at radius 3 is 2.56 bits per heavy atom. The third-order valence-electron chi connectivity index (χ3n) is 3.22. The second kappa shape index (κ2) is 6.41. The molecule has 0 aliphatic rings. The van der Waals surface area contributed by atoms with Gasteiger partial charge < -0.3 is 9.47 Å². The van der Waals surface area contributed by atoms with Gasteiger partial charge in [-0.3, -0.25) is 4.79 Å². The lowest BCUT2D eigenvalue weighted by Gasteiger charge is -2.26. The maximum absolute atomic E-state index is 12.4. The van der Waals surface area contributed by atoms with E-state index in [9.17, 15) is 4.79 Å². The van der Waals surface area contributed by atoms with Gasteiger partial charge in [0, 0.05) is 30.3 Å². The molecule has 1 unspecified atom stereocenters. The van der Waals surface area contributed by atoms with E-state index in [-0.39, 0.29) is 11.9 Å². The SMILES string of the molecule is CCn1cc(Br)cc1C(=O)N(C)C(C)CC(C)C. The number of amides is 1.